The molecule has 1 N–H and O–H groups in total. The third kappa shape index (κ3) is 4.10. The Balaban J connectivity index is 1.85. The number of nitrogens with one attached hydrogen (secondary N) is 1. The summed E-state index contributed by atoms with van der Waals surface area (Å²) in [7, 11) is 1.63. The van der Waals surface area contributed by atoms with E-state index in [1.54, 1.807) is 18.0 Å². The van der Waals surface area contributed by atoms with Gasteiger partial charge in [-0.1, -0.05) is 19.3 Å². The van der Waals surface area contributed by atoms with Gasteiger partial charge in [0.25, 0.3) is 0 Å². The summed E-state index contributed by atoms with van der Waals surface area (Å²) in [4.78, 5) is 0. The molecule has 2 aromatic rings. The lowest BCUT2D eigenvalue weighted by Gasteiger charge is -2.19. The number of ether oxygens (including phenoxy) is 2. The SMILES string of the molecule is CCOc1ccc(C=Nn2c(C3CCCCC3)n[nH]c2=S)cc1OC. The number of nitrogens with zero attached hydrogens (tertiary/aromatic N) is 3. The van der Waals surface area contributed by atoms with E-state index in [4.69, 9.17) is 21.7 Å². The van der Waals surface area contributed by atoms with Gasteiger partial charge in [0.15, 0.2) is 17.3 Å². The fourth-order valence-corrected chi connectivity index (χ4v) is 3.39. The van der Waals surface area contributed by atoms with Gasteiger partial charge in [-0.25, -0.2) is 0 Å². The molecule has 0 spiro atoms. The van der Waals surface area contributed by atoms with Crippen LogP contribution < -0.4 is 9.47 Å². The second-order valence-electron chi connectivity index (χ2n) is 6.12. The van der Waals surface area contributed by atoms with Crippen LogP contribution in [0.25, 0.3) is 0 Å². The maximum absolute atomic E-state index is 5.54. The summed E-state index contributed by atoms with van der Waals surface area (Å²) in [6, 6.07) is 5.74. The average molecular weight is 360 g/mol. The van der Waals surface area contributed by atoms with E-state index in [0.29, 0.717) is 23.0 Å². The van der Waals surface area contributed by atoms with Gasteiger partial charge < -0.3 is 9.47 Å². The summed E-state index contributed by atoms with van der Waals surface area (Å²) in [6.45, 7) is 2.54. The molecule has 134 valence electrons. The molecule has 1 heterocycles. The molecule has 0 amide bonds. The number of benzene rings is 1. The number of H-pyrrole nitrogens is 1. The minimum atomic E-state index is 0.425. The van der Waals surface area contributed by atoms with Crippen LogP contribution in [0.15, 0.2) is 23.3 Å². The molecular weight excluding hydrogens is 336 g/mol. The summed E-state index contributed by atoms with van der Waals surface area (Å²) in [5.74, 6) is 2.77. The van der Waals surface area contributed by atoms with Gasteiger partial charge >= 0.3 is 0 Å². The van der Waals surface area contributed by atoms with Crippen molar-refractivity contribution in [3.05, 3.63) is 34.4 Å². The smallest absolute Gasteiger partial charge is 0.216 e. The van der Waals surface area contributed by atoms with Crippen LogP contribution in [0.4, 0.5) is 0 Å². The third-order valence-electron chi connectivity index (χ3n) is 4.46. The van der Waals surface area contributed by atoms with Gasteiger partial charge in [-0.15, -0.1) is 0 Å². The number of methoxy groups -OCH3 is 1. The first-order valence-electron chi connectivity index (χ1n) is 8.75. The molecule has 25 heavy (non-hydrogen) atoms. The van der Waals surface area contributed by atoms with Crippen LogP contribution in [-0.4, -0.2) is 34.8 Å². The molecule has 3 rings (SSSR count). The number of rotatable bonds is 6. The highest BCUT2D eigenvalue weighted by Gasteiger charge is 2.21. The molecule has 1 fully saturated rings. The van der Waals surface area contributed by atoms with E-state index in [1.165, 1.54) is 19.3 Å². The zero-order valence-corrected chi connectivity index (χ0v) is 15.5. The van der Waals surface area contributed by atoms with Gasteiger partial charge in [0.2, 0.25) is 4.77 Å². The molecule has 0 saturated heterocycles. The van der Waals surface area contributed by atoms with Crippen molar-refractivity contribution in [2.45, 2.75) is 44.9 Å². The van der Waals surface area contributed by atoms with Crippen LogP contribution in [0.3, 0.4) is 0 Å². The van der Waals surface area contributed by atoms with Crippen molar-refractivity contribution in [2.24, 2.45) is 5.10 Å². The highest BCUT2D eigenvalue weighted by Crippen LogP contribution is 2.31. The number of hydrogen-bond acceptors (Lipinski definition) is 5. The van der Waals surface area contributed by atoms with E-state index in [-0.39, 0.29) is 0 Å². The first-order valence-corrected chi connectivity index (χ1v) is 9.16. The Morgan fingerprint density at radius 3 is 2.84 bits per heavy atom. The van der Waals surface area contributed by atoms with Crippen molar-refractivity contribution in [3.8, 4) is 11.5 Å². The molecule has 1 aliphatic rings. The number of hydrogen-bond donors (Lipinski definition) is 1. The summed E-state index contributed by atoms with van der Waals surface area (Å²) < 4.78 is 13.2. The zero-order chi connectivity index (χ0) is 17.6. The Labute approximate surface area is 152 Å². The Morgan fingerprint density at radius 2 is 2.12 bits per heavy atom. The fourth-order valence-electron chi connectivity index (χ4n) is 3.20. The van der Waals surface area contributed by atoms with Crippen LogP contribution in [0, 0.1) is 4.77 Å². The predicted molar refractivity (Wildman–Crippen MR) is 100 cm³/mol. The van der Waals surface area contributed by atoms with E-state index >= 15 is 0 Å². The lowest BCUT2D eigenvalue weighted by atomic mass is 9.89. The van der Waals surface area contributed by atoms with Crippen molar-refractivity contribution in [1.82, 2.24) is 14.9 Å². The lowest BCUT2D eigenvalue weighted by molar-refractivity contribution is 0.311. The molecule has 0 aliphatic heterocycles. The summed E-state index contributed by atoms with van der Waals surface area (Å²) in [6.07, 6.45) is 7.85. The number of aromatic nitrogens is 3. The van der Waals surface area contributed by atoms with E-state index in [2.05, 4.69) is 15.3 Å². The molecule has 1 aromatic carbocycles. The van der Waals surface area contributed by atoms with Crippen LogP contribution in [0.2, 0.25) is 0 Å². The van der Waals surface area contributed by atoms with Gasteiger partial charge in [0.1, 0.15) is 0 Å². The quantitative estimate of drug-likeness (QED) is 0.617. The topological polar surface area (TPSA) is 64.4 Å². The second kappa shape index (κ2) is 8.29. The number of aromatic amines is 1. The first-order chi connectivity index (χ1) is 12.2. The maximum Gasteiger partial charge on any atom is 0.216 e. The van der Waals surface area contributed by atoms with Crippen molar-refractivity contribution < 1.29 is 9.47 Å². The zero-order valence-electron chi connectivity index (χ0n) is 14.7. The maximum atomic E-state index is 5.54. The molecule has 7 heteroatoms. The Bertz CT molecular complexity index is 791. The average Bonchev–Trinajstić information content (AvgIpc) is 3.02. The van der Waals surface area contributed by atoms with Crippen molar-refractivity contribution >= 4 is 18.4 Å². The van der Waals surface area contributed by atoms with Crippen LogP contribution in [-0.2, 0) is 0 Å². The van der Waals surface area contributed by atoms with E-state index in [9.17, 15) is 0 Å². The van der Waals surface area contributed by atoms with Gasteiger partial charge in [-0.3, -0.25) is 5.10 Å². The molecule has 0 bridgehead atoms. The van der Waals surface area contributed by atoms with Gasteiger partial charge in [0, 0.05) is 5.92 Å². The minimum Gasteiger partial charge on any atom is -0.493 e. The van der Waals surface area contributed by atoms with Crippen LogP contribution in [0.1, 0.15) is 56.3 Å². The summed E-state index contributed by atoms with van der Waals surface area (Å²) in [5, 5.41) is 11.8. The first kappa shape index (κ1) is 17.7. The standard InChI is InChI=1S/C18H24N4O2S/c1-3-24-15-10-9-13(11-16(15)23-2)12-19-22-17(20-21-18(22)25)14-7-5-4-6-8-14/h9-12,14H,3-8H2,1-2H3,(H,21,25). The van der Waals surface area contributed by atoms with Gasteiger partial charge in [0.05, 0.1) is 19.9 Å². The largest absolute Gasteiger partial charge is 0.493 e. The fraction of sp³-hybridized carbons (Fsp3) is 0.500. The van der Waals surface area contributed by atoms with Gasteiger partial charge in [-0.2, -0.15) is 14.9 Å². The monoisotopic (exact) mass is 360 g/mol. The van der Waals surface area contributed by atoms with E-state index in [0.717, 1.165) is 30.0 Å². The van der Waals surface area contributed by atoms with Crippen LogP contribution >= 0.6 is 12.2 Å². The highest BCUT2D eigenvalue weighted by molar-refractivity contribution is 7.71. The van der Waals surface area contributed by atoms with E-state index in [1.807, 2.05) is 25.1 Å². The Hall–Kier alpha value is -2.15. The Morgan fingerprint density at radius 1 is 1.32 bits per heavy atom. The predicted octanol–water partition coefficient (Wildman–Crippen LogP) is 4.28. The Kier molecular flexibility index (Phi) is 5.86. The molecule has 0 unspecified atom stereocenters. The molecule has 6 nitrogen and oxygen atoms in total. The van der Waals surface area contributed by atoms with Crippen LogP contribution in [0.5, 0.6) is 11.5 Å². The lowest BCUT2D eigenvalue weighted by Crippen LogP contribution is -2.10. The molecule has 0 radical (unpaired) electrons. The van der Waals surface area contributed by atoms with Crippen molar-refractivity contribution in [2.75, 3.05) is 13.7 Å². The summed E-state index contributed by atoms with van der Waals surface area (Å²) >= 11 is 5.35. The normalized spacial score (nSPS) is 15.6. The molecule has 0 atom stereocenters. The second-order valence-corrected chi connectivity index (χ2v) is 6.51. The molecule has 1 aliphatic carbocycles. The molecular formula is C18H24N4O2S. The highest BCUT2D eigenvalue weighted by atomic mass is 32.1. The third-order valence-corrected chi connectivity index (χ3v) is 4.72. The van der Waals surface area contributed by atoms with E-state index < -0.39 is 0 Å². The molecule has 1 aromatic heterocycles. The minimum absolute atomic E-state index is 0.425. The van der Waals surface area contributed by atoms with Crippen molar-refractivity contribution in [1.29, 1.82) is 0 Å². The molecule has 1 saturated carbocycles. The van der Waals surface area contributed by atoms with Gasteiger partial charge in [-0.05, 0) is 55.7 Å². The van der Waals surface area contributed by atoms with Crippen molar-refractivity contribution in [3.63, 3.8) is 0 Å². The summed E-state index contributed by atoms with van der Waals surface area (Å²) in [5.41, 5.74) is 0.915.